The summed E-state index contributed by atoms with van der Waals surface area (Å²) in [6.45, 7) is 2.87. The van der Waals surface area contributed by atoms with Gasteiger partial charge in [0, 0.05) is 13.1 Å². The summed E-state index contributed by atoms with van der Waals surface area (Å²) < 4.78 is 38.2. The van der Waals surface area contributed by atoms with Crippen molar-refractivity contribution >= 4 is 0 Å². The molecule has 1 fully saturated rings. The minimum Gasteiger partial charge on any atom is -0.392 e. The average Bonchev–Trinajstić information content (AvgIpc) is 2.37. The summed E-state index contributed by atoms with van der Waals surface area (Å²) in [6, 6.07) is 4.78. The number of hydrogen-bond acceptors (Lipinski definition) is 3. The van der Waals surface area contributed by atoms with E-state index in [-0.39, 0.29) is 12.1 Å². The Labute approximate surface area is 122 Å². The van der Waals surface area contributed by atoms with Crippen molar-refractivity contribution in [3.63, 3.8) is 0 Å². The zero-order chi connectivity index (χ0) is 15.7. The molecule has 1 aliphatic heterocycles. The molecule has 0 amide bonds. The fourth-order valence-electron chi connectivity index (χ4n) is 2.73. The fourth-order valence-corrected chi connectivity index (χ4v) is 2.73. The van der Waals surface area contributed by atoms with E-state index in [9.17, 15) is 23.4 Å². The minimum absolute atomic E-state index is 0.200. The number of benzene rings is 1. The Morgan fingerprint density at radius 1 is 1.29 bits per heavy atom. The summed E-state index contributed by atoms with van der Waals surface area (Å²) in [5.74, 6) is 0. The van der Waals surface area contributed by atoms with E-state index in [0.717, 1.165) is 31.5 Å². The van der Waals surface area contributed by atoms with Gasteiger partial charge >= 0.3 is 6.18 Å². The van der Waals surface area contributed by atoms with Gasteiger partial charge in [0.15, 0.2) is 0 Å². The number of rotatable bonds is 3. The van der Waals surface area contributed by atoms with Crippen molar-refractivity contribution in [3.8, 4) is 0 Å². The highest BCUT2D eigenvalue weighted by atomic mass is 19.4. The third-order valence-electron chi connectivity index (χ3n) is 3.82. The molecule has 1 aromatic rings. The lowest BCUT2D eigenvalue weighted by Gasteiger charge is -2.36. The van der Waals surface area contributed by atoms with E-state index in [1.165, 1.54) is 19.1 Å². The molecule has 2 atom stereocenters. The van der Waals surface area contributed by atoms with Crippen molar-refractivity contribution in [2.75, 3.05) is 19.6 Å². The second-order valence-corrected chi connectivity index (χ2v) is 5.88. The molecule has 0 aliphatic carbocycles. The lowest BCUT2D eigenvalue weighted by molar-refractivity contribution is -0.137. The number of likely N-dealkylation sites (tertiary alicyclic amines) is 1. The van der Waals surface area contributed by atoms with Gasteiger partial charge in [-0.3, -0.25) is 4.90 Å². The van der Waals surface area contributed by atoms with Crippen LogP contribution in [0.25, 0.3) is 0 Å². The molecule has 0 aromatic heterocycles. The molecule has 1 aliphatic rings. The van der Waals surface area contributed by atoms with E-state index < -0.39 is 23.4 Å². The van der Waals surface area contributed by atoms with Crippen LogP contribution in [0, 0.1) is 0 Å². The van der Waals surface area contributed by atoms with E-state index in [2.05, 4.69) is 0 Å². The molecule has 2 N–H and O–H groups in total. The van der Waals surface area contributed by atoms with E-state index >= 15 is 0 Å². The standard InChI is InChI=1S/C15H20F3NO2/c1-14(21,10-19-7-3-6-13(20)9-19)11-4-2-5-12(8-11)15(16,17)18/h2,4-5,8,13,20-21H,3,6-7,9-10H2,1H3. The number of aliphatic hydroxyl groups is 2. The second kappa shape index (κ2) is 5.94. The first-order chi connectivity index (χ1) is 9.68. The Morgan fingerprint density at radius 2 is 1.95 bits per heavy atom. The Morgan fingerprint density at radius 3 is 2.57 bits per heavy atom. The molecule has 1 aromatic carbocycles. The quantitative estimate of drug-likeness (QED) is 0.901. The van der Waals surface area contributed by atoms with Crippen LogP contribution in [0.15, 0.2) is 24.3 Å². The van der Waals surface area contributed by atoms with Crippen LogP contribution in [0.2, 0.25) is 0 Å². The van der Waals surface area contributed by atoms with Crippen LogP contribution in [0.1, 0.15) is 30.9 Å². The highest BCUT2D eigenvalue weighted by molar-refractivity contribution is 5.29. The third-order valence-corrected chi connectivity index (χ3v) is 3.82. The first-order valence-electron chi connectivity index (χ1n) is 6.99. The molecule has 3 nitrogen and oxygen atoms in total. The van der Waals surface area contributed by atoms with Crippen LogP contribution < -0.4 is 0 Å². The monoisotopic (exact) mass is 303 g/mol. The molecule has 0 bridgehead atoms. The zero-order valence-corrected chi connectivity index (χ0v) is 11.9. The van der Waals surface area contributed by atoms with Gasteiger partial charge in [0.2, 0.25) is 0 Å². The number of hydrogen-bond donors (Lipinski definition) is 2. The number of alkyl halides is 3. The molecule has 2 unspecified atom stereocenters. The number of piperidine rings is 1. The summed E-state index contributed by atoms with van der Waals surface area (Å²) in [5.41, 5.74) is -1.92. The molecule has 21 heavy (non-hydrogen) atoms. The van der Waals surface area contributed by atoms with Crippen LogP contribution >= 0.6 is 0 Å². The largest absolute Gasteiger partial charge is 0.416 e. The summed E-state index contributed by atoms with van der Waals surface area (Å²) >= 11 is 0. The van der Waals surface area contributed by atoms with Crippen LogP contribution in [-0.4, -0.2) is 40.9 Å². The van der Waals surface area contributed by atoms with Gasteiger partial charge in [-0.15, -0.1) is 0 Å². The molecule has 2 rings (SSSR count). The van der Waals surface area contributed by atoms with Gasteiger partial charge in [0.05, 0.1) is 17.3 Å². The maximum absolute atomic E-state index is 12.7. The molecular formula is C15H20F3NO2. The van der Waals surface area contributed by atoms with Gasteiger partial charge < -0.3 is 10.2 Å². The lowest BCUT2D eigenvalue weighted by atomic mass is 9.92. The van der Waals surface area contributed by atoms with Crippen molar-refractivity contribution in [3.05, 3.63) is 35.4 Å². The average molecular weight is 303 g/mol. The maximum Gasteiger partial charge on any atom is 0.416 e. The number of β-amino-alcohol motifs (C(OH)–C–C–N with tert-alkyl or cyclic N) is 2. The van der Waals surface area contributed by atoms with E-state index in [1.807, 2.05) is 4.90 Å². The van der Waals surface area contributed by atoms with Crippen molar-refractivity contribution in [2.24, 2.45) is 0 Å². The first-order valence-corrected chi connectivity index (χ1v) is 6.99. The summed E-state index contributed by atoms with van der Waals surface area (Å²) in [4.78, 5) is 1.88. The smallest absolute Gasteiger partial charge is 0.392 e. The Bertz CT molecular complexity index is 488. The topological polar surface area (TPSA) is 43.7 Å². The van der Waals surface area contributed by atoms with Crippen molar-refractivity contribution < 1.29 is 23.4 Å². The summed E-state index contributed by atoms with van der Waals surface area (Å²) in [7, 11) is 0. The van der Waals surface area contributed by atoms with Gasteiger partial charge in [-0.2, -0.15) is 13.2 Å². The highest BCUT2D eigenvalue weighted by Crippen LogP contribution is 2.32. The summed E-state index contributed by atoms with van der Waals surface area (Å²) in [6.07, 6.45) is -3.31. The Hall–Kier alpha value is -1.11. The molecule has 6 heteroatoms. The molecule has 0 radical (unpaired) electrons. The van der Waals surface area contributed by atoms with Gasteiger partial charge in [-0.1, -0.05) is 12.1 Å². The predicted molar refractivity (Wildman–Crippen MR) is 72.7 cm³/mol. The molecular weight excluding hydrogens is 283 g/mol. The molecule has 1 heterocycles. The van der Waals surface area contributed by atoms with Crippen LogP contribution in [0.4, 0.5) is 13.2 Å². The molecule has 0 spiro atoms. The first kappa shape index (κ1) is 16.3. The van der Waals surface area contributed by atoms with Gasteiger partial charge in [-0.05, 0) is 44.0 Å². The molecule has 1 saturated heterocycles. The lowest BCUT2D eigenvalue weighted by Crippen LogP contribution is -2.45. The maximum atomic E-state index is 12.7. The van der Waals surface area contributed by atoms with Gasteiger partial charge in [-0.25, -0.2) is 0 Å². The van der Waals surface area contributed by atoms with E-state index in [1.54, 1.807) is 0 Å². The number of nitrogens with zero attached hydrogens (tertiary/aromatic N) is 1. The Balaban J connectivity index is 2.15. The molecule has 118 valence electrons. The zero-order valence-electron chi connectivity index (χ0n) is 11.9. The highest BCUT2D eigenvalue weighted by Gasteiger charge is 2.34. The number of aliphatic hydroxyl groups excluding tert-OH is 1. The third kappa shape index (κ3) is 4.18. The summed E-state index contributed by atoms with van der Waals surface area (Å²) in [5, 5.41) is 20.1. The van der Waals surface area contributed by atoms with Gasteiger partial charge in [0.25, 0.3) is 0 Å². The van der Waals surface area contributed by atoms with Crippen molar-refractivity contribution in [2.45, 2.75) is 37.6 Å². The number of halogens is 3. The normalized spacial score (nSPS) is 23.8. The van der Waals surface area contributed by atoms with E-state index in [4.69, 9.17) is 0 Å². The molecule has 0 saturated carbocycles. The predicted octanol–water partition coefficient (Wildman–Crippen LogP) is 2.37. The fraction of sp³-hybridized carbons (Fsp3) is 0.600. The SMILES string of the molecule is CC(O)(CN1CCCC(O)C1)c1cccc(C(F)(F)F)c1. The second-order valence-electron chi connectivity index (χ2n) is 5.88. The minimum atomic E-state index is -4.42. The van der Waals surface area contributed by atoms with Crippen LogP contribution in [0.5, 0.6) is 0 Å². The van der Waals surface area contributed by atoms with Crippen molar-refractivity contribution in [1.82, 2.24) is 4.90 Å². The Kier molecular flexibility index (Phi) is 4.60. The van der Waals surface area contributed by atoms with E-state index in [0.29, 0.717) is 6.54 Å². The van der Waals surface area contributed by atoms with Crippen LogP contribution in [-0.2, 0) is 11.8 Å². The van der Waals surface area contributed by atoms with Crippen LogP contribution in [0.3, 0.4) is 0 Å². The van der Waals surface area contributed by atoms with Crippen molar-refractivity contribution in [1.29, 1.82) is 0 Å². The van der Waals surface area contributed by atoms with Gasteiger partial charge in [0.1, 0.15) is 0 Å².